The summed E-state index contributed by atoms with van der Waals surface area (Å²) in [5.74, 6) is -1.35. The molecule has 5 heteroatoms. The smallest absolute Gasteiger partial charge is 0.258 e. The maximum absolute atomic E-state index is 13.6. The first-order valence-electron chi connectivity index (χ1n) is 5.48. The van der Waals surface area contributed by atoms with Crippen LogP contribution in [0.3, 0.4) is 0 Å². The van der Waals surface area contributed by atoms with Crippen molar-refractivity contribution < 1.29 is 13.6 Å². The molecule has 2 aromatic carbocycles. The number of hydrogen-bond donors (Lipinski definition) is 0. The van der Waals surface area contributed by atoms with Gasteiger partial charge in [-0.15, -0.1) is 0 Å². The molecule has 0 aromatic heterocycles. The predicted molar refractivity (Wildman–Crippen MR) is 73.2 cm³/mol. The Hall–Kier alpha value is -1.75. The summed E-state index contributed by atoms with van der Waals surface area (Å²) in [5, 5.41) is 0. The zero-order chi connectivity index (χ0) is 14.0. The lowest BCUT2D eigenvalue weighted by molar-refractivity contribution is 0.0992. The molecule has 1 amide bonds. The van der Waals surface area contributed by atoms with E-state index in [0.29, 0.717) is 0 Å². The molecule has 0 aliphatic rings. The van der Waals surface area contributed by atoms with Crippen LogP contribution in [0.1, 0.15) is 10.4 Å². The van der Waals surface area contributed by atoms with Crippen LogP contribution in [0.5, 0.6) is 0 Å². The second-order valence-corrected chi connectivity index (χ2v) is 4.80. The molecule has 0 unspecified atom stereocenters. The van der Waals surface area contributed by atoms with E-state index < -0.39 is 17.5 Å². The molecule has 0 saturated heterocycles. The minimum Gasteiger partial charge on any atom is -0.309 e. The van der Waals surface area contributed by atoms with Crippen LogP contribution in [-0.2, 0) is 0 Å². The summed E-state index contributed by atoms with van der Waals surface area (Å²) in [4.78, 5) is 13.4. The maximum Gasteiger partial charge on any atom is 0.258 e. The average molecular weight is 326 g/mol. The van der Waals surface area contributed by atoms with E-state index in [4.69, 9.17) is 0 Å². The van der Waals surface area contributed by atoms with E-state index >= 15 is 0 Å². The quantitative estimate of drug-likeness (QED) is 0.817. The molecule has 0 fully saturated rings. The summed E-state index contributed by atoms with van der Waals surface area (Å²) in [6.45, 7) is 0. The highest BCUT2D eigenvalue weighted by Crippen LogP contribution is 2.22. The highest BCUT2D eigenvalue weighted by Gasteiger charge is 2.17. The van der Waals surface area contributed by atoms with Crippen LogP contribution in [0.2, 0.25) is 0 Å². The average Bonchev–Trinajstić information content (AvgIpc) is 2.41. The first-order valence-corrected chi connectivity index (χ1v) is 6.27. The second-order valence-electron chi connectivity index (χ2n) is 3.94. The summed E-state index contributed by atoms with van der Waals surface area (Å²) in [5.41, 5.74) is 0.451. The minimum atomic E-state index is -0.487. The highest BCUT2D eigenvalue weighted by atomic mass is 79.9. The Bertz CT molecular complexity index is 631. The van der Waals surface area contributed by atoms with Gasteiger partial charge in [-0.25, -0.2) is 8.78 Å². The first-order chi connectivity index (χ1) is 9.00. The van der Waals surface area contributed by atoms with Gasteiger partial charge in [0.1, 0.15) is 11.6 Å². The Morgan fingerprint density at radius 2 is 1.79 bits per heavy atom. The van der Waals surface area contributed by atoms with Crippen molar-refractivity contribution >= 4 is 27.5 Å². The lowest BCUT2D eigenvalue weighted by atomic mass is 10.2. The molecule has 0 atom stereocenters. The molecular weight excluding hydrogens is 316 g/mol. The number of benzene rings is 2. The number of rotatable bonds is 2. The van der Waals surface area contributed by atoms with Gasteiger partial charge in [0.25, 0.3) is 5.91 Å². The molecule has 19 heavy (non-hydrogen) atoms. The molecular formula is C14H10BrF2NO. The number of carbonyl (C=O) groups excluding carboxylic acids is 1. The van der Waals surface area contributed by atoms with Crippen LogP contribution in [0.25, 0.3) is 0 Å². The van der Waals surface area contributed by atoms with Crippen molar-refractivity contribution in [3.8, 4) is 0 Å². The third-order valence-corrected chi connectivity index (χ3v) is 3.29. The van der Waals surface area contributed by atoms with Crippen LogP contribution in [-0.4, -0.2) is 13.0 Å². The number of amides is 1. The van der Waals surface area contributed by atoms with Gasteiger partial charge in [-0.2, -0.15) is 0 Å². The molecule has 0 N–H and O–H groups in total. The van der Waals surface area contributed by atoms with Crippen LogP contribution in [0, 0.1) is 11.6 Å². The molecule has 0 spiro atoms. The van der Waals surface area contributed by atoms with Gasteiger partial charge in [0.15, 0.2) is 0 Å². The van der Waals surface area contributed by atoms with Crippen molar-refractivity contribution in [3.05, 3.63) is 64.1 Å². The van der Waals surface area contributed by atoms with E-state index in [2.05, 4.69) is 15.9 Å². The molecule has 0 radical (unpaired) electrons. The lowest BCUT2D eigenvalue weighted by Crippen LogP contribution is -2.27. The Morgan fingerprint density at radius 1 is 1.11 bits per heavy atom. The summed E-state index contributed by atoms with van der Waals surface area (Å²) in [7, 11) is 1.47. The van der Waals surface area contributed by atoms with E-state index in [0.717, 1.165) is 0 Å². The number of hydrogen-bond acceptors (Lipinski definition) is 1. The monoisotopic (exact) mass is 325 g/mol. The standard InChI is InChI=1S/C14H10BrF2NO/c1-18(13-5-3-2-4-12(13)17)14(19)9-6-7-11(16)10(15)8-9/h2-8H,1H3. The summed E-state index contributed by atoms with van der Waals surface area (Å²) >= 11 is 3.01. The zero-order valence-electron chi connectivity index (χ0n) is 10.0. The van der Waals surface area contributed by atoms with E-state index in [-0.39, 0.29) is 15.7 Å². The first kappa shape index (κ1) is 13.7. The van der Waals surface area contributed by atoms with Gasteiger partial charge >= 0.3 is 0 Å². The number of anilines is 1. The van der Waals surface area contributed by atoms with Gasteiger partial charge in [-0.1, -0.05) is 12.1 Å². The topological polar surface area (TPSA) is 20.3 Å². The van der Waals surface area contributed by atoms with Crippen molar-refractivity contribution in [2.45, 2.75) is 0 Å². The SMILES string of the molecule is CN(C(=O)c1ccc(F)c(Br)c1)c1ccccc1F. The van der Waals surface area contributed by atoms with E-state index in [1.165, 1.54) is 42.3 Å². The largest absolute Gasteiger partial charge is 0.309 e. The summed E-state index contributed by atoms with van der Waals surface area (Å²) in [6.07, 6.45) is 0. The number of nitrogens with zero attached hydrogens (tertiary/aromatic N) is 1. The predicted octanol–water partition coefficient (Wildman–Crippen LogP) is 4.00. The maximum atomic E-state index is 13.6. The molecule has 2 rings (SSSR count). The normalized spacial score (nSPS) is 10.3. The van der Waals surface area contributed by atoms with Crippen LogP contribution in [0.4, 0.5) is 14.5 Å². The molecule has 0 heterocycles. The lowest BCUT2D eigenvalue weighted by Gasteiger charge is -2.18. The van der Waals surface area contributed by atoms with Crippen molar-refractivity contribution in [1.82, 2.24) is 0 Å². The molecule has 98 valence electrons. The van der Waals surface area contributed by atoms with Gasteiger partial charge < -0.3 is 4.90 Å². The summed E-state index contributed by atoms with van der Waals surface area (Å²) < 4.78 is 26.9. The molecule has 0 bridgehead atoms. The van der Waals surface area contributed by atoms with Crippen LogP contribution >= 0.6 is 15.9 Å². The molecule has 0 saturated carbocycles. The third-order valence-electron chi connectivity index (χ3n) is 2.68. The van der Waals surface area contributed by atoms with Gasteiger partial charge in [0.05, 0.1) is 10.2 Å². The summed E-state index contributed by atoms with van der Waals surface area (Å²) in [6, 6.07) is 9.89. The van der Waals surface area contributed by atoms with Crippen LogP contribution < -0.4 is 4.90 Å². The Labute approximate surface area is 117 Å². The van der Waals surface area contributed by atoms with Gasteiger partial charge in [0.2, 0.25) is 0 Å². The Kier molecular flexibility index (Phi) is 3.95. The van der Waals surface area contributed by atoms with Gasteiger partial charge in [-0.05, 0) is 46.3 Å². The van der Waals surface area contributed by atoms with Crippen molar-refractivity contribution in [3.63, 3.8) is 0 Å². The van der Waals surface area contributed by atoms with Crippen LogP contribution in [0.15, 0.2) is 46.9 Å². The molecule has 0 aliphatic heterocycles. The molecule has 2 aromatic rings. The number of carbonyl (C=O) groups is 1. The van der Waals surface area contributed by atoms with E-state index in [1.807, 2.05) is 0 Å². The van der Waals surface area contributed by atoms with E-state index in [1.54, 1.807) is 12.1 Å². The van der Waals surface area contributed by atoms with Crippen molar-refractivity contribution in [1.29, 1.82) is 0 Å². The van der Waals surface area contributed by atoms with Crippen molar-refractivity contribution in [2.24, 2.45) is 0 Å². The highest BCUT2D eigenvalue weighted by molar-refractivity contribution is 9.10. The second kappa shape index (κ2) is 5.48. The fraction of sp³-hybridized carbons (Fsp3) is 0.0714. The minimum absolute atomic E-state index is 0.174. The number of para-hydroxylation sites is 1. The van der Waals surface area contributed by atoms with Gasteiger partial charge in [0, 0.05) is 12.6 Å². The molecule has 2 nitrogen and oxygen atoms in total. The van der Waals surface area contributed by atoms with Gasteiger partial charge in [-0.3, -0.25) is 4.79 Å². The Balaban J connectivity index is 2.34. The fourth-order valence-corrected chi connectivity index (χ4v) is 2.03. The zero-order valence-corrected chi connectivity index (χ0v) is 11.6. The van der Waals surface area contributed by atoms with E-state index in [9.17, 15) is 13.6 Å². The number of halogens is 3. The Morgan fingerprint density at radius 3 is 2.42 bits per heavy atom. The third kappa shape index (κ3) is 2.81. The molecule has 0 aliphatic carbocycles. The fourth-order valence-electron chi connectivity index (χ4n) is 1.66. The van der Waals surface area contributed by atoms with Crippen molar-refractivity contribution in [2.75, 3.05) is 11.9 Å².